The van der Waals surface area contributed by atoms with Gasteiger partial charge in [-0.25, -0.2) is 18.7 Å². The maximum atomic E-state index is 14.5. The quantitative estimate of drug-likeness (QED) is 0.477. The van der Waals surface area contributed by atoms with Gasteiger partial charge in [0.05, 0.1) is 23.1 Å². The van der Waals surface area contributed by atoms with Gasteiger partial charge in [-0.3, -0.25) is 4.79 Å². The molecule has 0 unspecified atom stereocenters. The highest BCUT2D eigenvalue weighted by atomic mass is 32.1. The summed E-state index contributed by atoms with van der Waals surface area (Å²) in [7, 11) is 1.34. The molecular formula is C23H22F5N5OS. The summed E-state index contributed by atoms with van der Waals surface area (Å²) in [5.74, 6) is -2.35. The Kier molecular flexibility index (Phi) is 5.81. The first-order valence-electron chi connectivity index (χ1n) is 11.1. The van der Waals surface area contributed by atoms with Crippen molar-refractivity contribution in [3.63, 3.8) is 0 Å². The molecule has 2 aliphatic rings. The number of carbonyl (C=O) groups is 1. The van der Waals surface area contributed by atoms with Crippen LogP contribution in [0.2, 0.25) is 0 Å². The number of nitrogens with zero attached hydrogens (tertiary/aromatic N) is 3. The van der Waals surface area contributed by atoms with Gasteiger partial charge in [-0.05, 0) is 42.9 Å². The molecular weight excluding hydrogens is 489 g/mol. The van der Waals surface area contributed by atoms with Crippen molar-refractivity contribution in [2.24, 2.45) is 5.41 Å². The van der Waals surface area contributed by atoms with Crippen LogP contribution in [0.3, 0.4) is 0 Å². The summed E-state index contributed by atoms with van der Waals surface area (Å²) >= 11 is 1.03. The van der Waals surface area contributed by atoms with Crippen molar-refractivity contribution in [2.45, 2.75) is 37.9 Å². The van der Waals surface area contributed by atoms with E-state index in [0.717, 1.165) is 30.6 Å². The van der Waals surface area contributed by atoms with Crippen LogP contribution in [0.15, 0.2) is 24.5 Å². The van der Waals surface area contributed by atoms with E-state index in [1.165, 1.54) is 31.6 Å². The number of aromatic nitrogens is 2. The van der Waals surface area contributed by atoms with Crippen molar-refractivity contribution in [3.05, 3.63) is 46.6 Å². The SMILES string of the molecule is CNC(=O)c1ccc(NC2CC3(CCN(c4ncnc5sc(CC(F)(F)F)cc45)C3)C2)c(F)c1F. The third-order valence-electron chi connectivity index (χ3n) is 6.74. The van der Waals surface area contributed by atoms with Crippen LogP contribution >= 0.6 is 11.3 Å². The highest BCUT2D eigenvalue weighted by Crippen LogP contribution is 2.50. The monoisotopic (exact) mass is 511 g/mol. The van der Waals surface area contributed by atoms with Crippen molar-refractivity contribution in [3.8, 4) is 0 Å². The van der Waals surface area contributed by atoms with Gasteiger partial charge in [0.2, 0.25) is 0 Å². The van der Waals surface area contributed by atoms with Gasteiger partial charge in [0, 0.05) is 31.1 Å². The normalized spacial score (nSPS) is 22.0. The fourth-order valence-electron chi connectivity index (χ4n) is 5.16. The number of fused-ring (bicyclic) bond motifs is 1. The topological polar surface area (TPSA) is 70.2 Å². The fourth-order valence-corrected chi connectivity index (χ4v) is 6.18. The van der Waals surface area contributed by atoms with E-state index in [4.69, 9.17) is 0 Å². The number of hydrogen-bond acceptors (Lipinski definition) is 6. The molecule has 1 aromatic carbocycles. The van der Waals surface area contributed by atoms with Crippen LogP contribution in [0.5, 0.6) is 0 Å². The maximum absolute atomic E-state index is 14.5. The Balaban J connectivity index is 1.26. The fraction of sp³-hybridized carbons (Fsp3) is 0.435. The summed E-state index contributed by atoms with van der Waals surface area (Å²) in [6.45, 7) is 1.38. The molecule has 1 aliphatic heterocycles. The van der Waals surface area contributed by atoms with Crippen LogP contribution in [-0.4, -0.2) is 48.2 Å². The lowest BCUT2D eigenvalue weighted by Crippen LogP contribution is -2.47. The predicted octanol–water partition coefficient (Wildman–Crippen LogP) is 4.90. The summed E-state index contributed by atoms with van der Waals surface area (Å²) in [6, 6.07) is 4.08. The van der Waals surface area contributed by atoms with Gasteiger partial charge in [0.15, 0.2) is 11.6 Å². The Morgan fingerprint density at radius 1 is 1.23 bits per heavy atom. The van der Waals surface area contributed by atoms with E-state index in [1.807, 2.05) is 0 Å². The van der Waals surface area contributed by atoms with Crippen molar-refractivity contribution in [1.82, 2.24) is 15.3 Å². The summed E-state index contributed by atoms with van der Waals surface area (Å²) in [5.41, 5.74) is -0.371. The molecule has 0 bridgehead atoms. The Morgan fingerprint density at radius 2 is 2.00 bits per heavy atom. The third-order valence-corrected chi connectivity index (χ3v) is 7.79. The first kappa shape index (κ1) is 23.7. The zero-order chi connectivity index (χ0) is 25.0. The molecule has 5 rings (SSSR count). The first-order valence-corrected chi connectivity index (χ1v) is 11.9. The lowest BCUT2D eigenvalue weighted by Gasteiger charge is -2.46. The molecule has 1 spiro atoms. The molecule has 2 N–H and O–H groups in total. The van der Waals surface area contributed by atoms with Crippen molar-refractivity contribution >= 4 is 39.0 Å². The van der Waals surface area contributed by atoms with E-state index in [0.29, 0.717) is 29.1 Å². The molecule has 3 aromatic rings. The average Bonchev–Trinajstić information content (AvgIpc) is 3.39. The summed E-state index contributed by atoms with van der Waals surface area (Å²) in [5, 5.41) is 5.93. The maximum Gasteiger partial charge on any atom is 0.393 e. The molecule has 6 nitrogen and oxygen atoms in total. The highest BCUT2D eigenvalue weighted by molar-refractivity contribution is 7.18. The van der Waals surface area contributed by atoms with Crippen LogP contribution in [0.1, 0.15) is 34.5 Å². The number of alkyl halides is 3. The number of anilines is 2. The summed E-state index contributed by atoms with van der Waals surface area (Å²) < 4.78 is 67.2. The molecule has 35 heavy (non-hydrogen) atoms. The lowest BCUT2D eigenvalue weighted by molar-refractivity contribution is -0.126. The van der Waals surface area contributed by atoms with E-state index in [-0.39, 0.29) is 27.6 Å². The number of thiophene rings is 1. The van der Waals surface area contributed by atoms with E-state index >= 15 is 0 Å². The van der Waals surface area contributed by atoms with Gasteiger partial charge in [-0.1, -0.05) is 0 Å². The van der Waals surface area contributed by atoms with Crippen LogP contribution < -0.4 is 15.5 Å². The minimum Gasteiger partial charge on any atom is -0.380 e. The Labute approximate surface area is 201 Å². The standard InChI is InChI=1S/C23H22F5N5OS/c1-29-20(34)14-2-3-16(18(25)17(14)24)32-12-7-22(8-12)4-5-33(10-22)19-15-6-13(9-23(26,27)28)35-21(15)31-11-30-19/h2-3,6,11-12,32H,4-5,7-10H2,1H3,(H,29,34). The van der Waals surface area contributed by atoms with Crippen molar-refractivity contribution < 1.29 is 26.7 Å². The van der Waals surface area contributed by atoms with Crippen LogP contribution in [-0.2, 0) is 6.42 Å². The number of carbonyl (C=O) groups excluding carboxylic acids is 1. The van der Waals surface area contributed by atoms with Gasteiger partial charge >= 0.3 is 6.18 Å². The second kappa shape index (κ2) is 8.58. The Hall–Kier alpha value is -3.02. The Bertz CT molecular complexity index is 1290. The zero-order valence-corrected chi connectivity index (χ0v) is 19.5. The molecule has 2 fully saturated rings. The van der Waals surface area contributed by atoms with Gasteiger partial charge in [0.25, 0.3) is 5.91 Å². The second-order valence-corrected chi connectivity index (χ2v) is 10.3. The van der Waals surface area contributed by atoms with Crippen LogP contribution in [0.25, 0.3) is 10.2 Å². The number of hydrogen-bond donors (Lipinski definition) is 2. The molecule has 2 aromatic heterocycles. The third kappa shape index (κ3) is 4.51. The molecule has 1 saturated heterocycles. The lowest BCUT2D eigenvalue weighted by atomic mass is 9.65. The Morgan fingerprint density at radius 3 is 2.71 bits per heavy atom. The molecule has 3 heterocycles. The molecule has 1 aliphatic carbocycles. The minimum atomic E-state index is -4.29. The molecule has 12 heteroatoms. The van der Waals surface area contributed by atoms with Crippen molar-refractivity contribution in [1.29, 1.82) is 0 Å². The largest absolute Gasteiger partial charge is 0.393 e. The molecule has 1 saturated carbocycles. The number of halogens is 5. The predicted molar refractivity (Wildman–Crippen MR) is 123 cm³/mol. The van der Waals surface area contributed by atoms with Crippen LogP contribution in [0.4, 0.5) is 33.5 Å². The van der Waals surface area contributed by atoms with Gasteiger partial charge in [-0.15, -0.1) is 11.3 Å². The first-order chi connectivity index (χ1) is 16.6. The van der Waals surface area contributed by atoms with E-state index in [2.05, 4.69) is 25.5 Å². The van der Waals surface area contributed by atoms with Gasteiger partial charge in [0.1, 0.15) is 17.0 Å². The number of benzene rings is 1. The number of amides is 1. The number of nitrogens with one attached hydrogen (secondary N) is 2. The summed E-state index contributed by atoms with van der Waals surface area (Å²) in [6.07, 6.45) is -1.57. The highest BCUT2D eigenvalue weighted by Gasteiger charge is 2.49. The van der Waals surface area contributed by atoms with E-state index in [1.54, 1.807) is 0 Å². The molecule has 0 radical (unpaired) electrons. The van der Waals surface area contributed by atoms with Crippen molar-refractivity contribution in [2.75, 3.05) is 30.4 Å². The summed E-state index contributed by atoms with van der Waals surface area (Å²) in [4.78, 5) is 23.0. The second-order valence-electron chi connectivity index (χ2n) is 9.21. The van der Waals surface area contributed by atoms with Crippen LogP contribution in [0, 0.1) is 17.0 Å². The average molecular weight is 512 g/mol. The zero-order valence-electron chi connectivity index (χ0n) is 18.7. The van der Waals surface area contributed by atoms with E-state index in [9.17, 15) is 26.7 Å². The minimum absolute atomic E-state index is 0.0119. The molecule has 1 amide bonds. The van der Waals surface area contributed by atoms with Gasteiger partial charge in [-0.2, -0.15) is 13.2 Å². The molecule has 186 valence electrons. The van der Waals surface area contributed by atoms with E-state index < -0.39 is 30.1 Å². The van der Waals surface area contributed by atoms with Gasteiger partial charge < -0.3 is 15.5 Å². The smallest absolute Gasteiger partial charge is 0.380 e. The molecule has 0 atom stereocenters. The number of rotatable bonds is 5.